The van der Waals surface area contributed by atoms with Crippen LogP contribution in [0.2, 0.25) is 0 Å². The van der Waals surface area contributed by atoms with Crippen LogP contribution < -0.4 is 10.5 Å². The third-order valence-electron chi connectivity index (χ3n) is 2.90. The Balaban J connectivity index is 1.70. The summed E-state index contributed by atoms with van der Waals surface area (Å²) in [4.78, 5) is 2.29. The smallest absolute Gasteiger partial charge is 0.119 e. The van der Waals surface area contributed by atoms with E-state index in [1.807, 2.05) is 23.9 Å². The number of aliphatic hydroxyl groups excluding tert-OH is 1. The summed E-state index contributed by atoms with van der Waals surface area (Å²) in [6.45, 7) is 3.14. The molecule has 1 unspecified atom stereocenters. The number of aliphatic hydroxyl groups is 1. The van der Waals surface area contributed by atoms with E-state index < -0.39 is 6.10 Å². The van der Waals surface area contributed by atoms with E-state index in [1.54, 1.807) is 12.1 Å². The zero-order valence-electron chi connectivity index (χ0n) is 10.4. The molecule has 0 aromatic heterocycles. The number of hydrogen-bond donors (Lipinski definition) is 2. The van der Waals surface area contributed by atoms with Gasteiger partial charge in [0, 0.05) is 36.8 Å². The van der Waals surface area contributed by atoms with E-state index in [0.29, 0.717) is 18.8 Å². The summed E-state index contributed by atoms with van der Waals surface area (Å²) in [5, 5.41) is 9.92. The fourth-order valence-electron chi connectivity index (χ4n) is 1.89. The lowest BCUT2D eigenvalue weighted by Crippen LogP contribution is -2.40. The van der Waals surface area contributed by atoms with Crippen molar-refractivity contribution >= 4 is 17.4 Å². The monoisotopic (exact) mass is 268 g/mol. The highest BCUT2D eigenvalue weighted by Crippen LogP contribution is 2.14. The molecule has 0 aliphatic carbocycles. The summed E-state index contributed by atoms with van der Waals surface area (Å²) in [6.07, 6.45) is -0.439. The zero-order chi connectivity index (χ0) is 12.8. The predicted molar refractivity (Wildman–Crippen MR) is 76.1 cm³/mol. The van der Waals surface area contributed by atoms with E-state index in [4.69, 9.17) is 10.5 Å². The lowest BCUT2D eigenvalue weighted by Gasteiger charge is -2.28. The van der Waals surface area contributed by atoms with Crippen molar-refractivity contribution in [3.8, 4) is 5.75 Å². The number of nitrogens with two attached hydrogens (primary N) is 1. The Morgan fingerprint density at radius 2 is 1.94 bits per heavy atom. The summed E-state index contributed by atoms with van der Waals surface area (Å²) in [5.74, 6) is 3.06. The number of β-amino-alcohol motifs (C(OH)–C–C–N with tert-alkyl or cyclic N) is 1. The molecule has 0 saturated carbocycles. The van der Waals surface area contributed by atoms with Crippen molar-refractivity contribution in [3.05, 3.63) is 24.3 Å². The minimum Gasteiger partial charge on any atom is -0.491 e. The number of nitrogens with zero attached hydrogens (tertiary/aromatic N) is 1. The molecule has 5 heteroatoms. The quantitative estimate of drug-likeness (QED) is 0.782. The summed E-state index contributed by atoms with van der Waals surface area (Å²) in [5.41, 5.74) is 6.31. The van der Waals surface area contributed by atoms with E-state index in [0.717, 1.165) is 30.3 Å². The molecule has 0 radical (unpaired) electrons. The summed E-state index contributed by atoms with van der Waals surface area (Å²) in [6, 6.07) is 7.23. The molecule has 18 heavy (non-hydrogen) atoms. The van der Waals surface area contributed by atoms with Gasteiger partial charge in [0.15, 0.2) is 0 Å². The lowest BCUT2D eigenvalue weighted by atomic mass is 10.3. The number of ether oxygens (including phenoxy) is 1. The molecular weight excluding hydrogens is 248 g/mol. The first kappa shape index (κ1) is 13.5. The van der Waals surface area contributed by atoms with Crippen LogP contribution in [0.1, 0.15) is 0 Å². The van der Waals surface area contributed by atoms with E-state index in [2.05, 4.69) is 4.90 Å². The average molecular weight is 268 g/mol. The highest BCUT2D eigenvalue weighted by molar-refractivity contribution is 7.99. The minimum atomic E-state index is -0.439. The molecule has 0 spiro atoms. The lowest BCUT2D eigenvalue weighted by molar-refractivity contribution is 0.0715. The number of anilines is 1. The van der Waals surface area contributed by atoms with Crippen LogP contribution in [-0.2, 0) is 0 Å². The van der Waals surface area contributed by atoms with Crippen LogP contribution in [0, 0.1) is 0 Å². The Labute approximate surface area is 112 Å². The van der Waals surface area contributed by atoms with Gasteiger partial charge in [-0.25, -0.2) is 0 Å². The fourth-order valence-corrected chi connectivity index (χ4v) is 2.87. The molecule has 1 heterocycles. The maximum Gasteiger partial charge on any atom is 0.119 e. The third-order valence-corrected chi connectivity index (χ3v) is 3.84. The highest BCUT2D eigenvalue weighted by Gasteiger charge is 2.15. The number of benzene rings is 1. The van der Waals surface area contributed by atoms with Gasteiger partial charge in [0.25, 0.3) is 0 Å². The normalized spacial score (nSPS) is 18.5. The Morgan fingerprint density at radius 3 is 2.61 bits per heavy atom. The maximum atomic E-state index is 9.92. The first-order chi connectivity index (χ1) is 8.74. The van der Waals surface area contributed by atoms with E-state index in [-0.39, 0.29) is 0 Å². The molecule has 1 fully saturated rings. The first-order valence-electron chi connectivity index (χ1n) is 6.20. The molecule has 3 N–H and O–H groups in total. The average Bonchev–Trinajstić information content (AvgIpc) is 2.39. The van der Waals surface area contributed by atoms with Crippen LogP contribution in [0.25, 0.3) is 0 Å². The van der Waals surface area contributed by atoms with Gasteiger partial charge in [-0.3, -0.25) is 4.90 Å². The van der Waals surface area contributed by atoms with Crippen LogP contribution in [-0.4, -0.2) is 53.9 Å². The Morgan fingerprint density at radius 1 is 1.28 bits per heavy atom. The second-order valence-corrected chi connectivity index (χ2v) is 5.67. The Hall–Kier alpha value is -0.910. The van der Waals surface area contributed by atoms with Gasteiger partial charge >= 0.3 is 0 Å². The van der Waals surface area contributed by atoms with Gasteiger partial charge in [-0.2, -0.15) is 11.8 Å². The third kappa shape index (κ3) is 4.40. The van der Waals surface area contributed by atoms with E-state index in [9.17, 15) is 5.11 Å². The number of nitrogen functional groups attached to an aromatic ring is 1. The Bertz CT molecular complexity index is 353. The molecule has 1 aliphatic heterocycles. The maximum absolute atomic E-state index is 9.92. The molecular formula is C13H20N2O2S. The predicted octanol–water partition coefficient (Wildman–Crippen LogP) is 1.06. The molecule has 100 valence electrons. The first-order valence-corrected chi connectivity index (χ1v) is 7.36. The van der Waals surface area contributed by atoms with Crippen LogP contribution in [0.15, 0.2) is 24.3 Å². The topological polar surface area (TPSA) is 58.7 Å². The van der Waals surface area contributed by atoms with Gasteiger partial charge < -0.3 is 15.6 Å². The number of thioether (sulfide) groups is 1. The molecule has 1 aliphatic rings. The standard InChI is InChI=1S/C13H20N2O2S/c14-11-1-3-13(4-2-11)17-10-12(16)9-15-5-7-18-8-6-15/h1-4,12,16H,5-10,14H2. The van der Waals surface area contributed by atoms with Gasteiger partial charge in [0.2, 0.25) is 0 Å². The largest absolute Gasteiger partial charge is 0.491 e. The molecule has 1 aromatic carbocycles. The van der Waals surface area contributed by atoms with Gasteiger partial charge in [-0.1, -0.05) is 0 Å². The van der Waals surface area contributed by atoms with Crippen molar-refractivity contribution < 1.29 is 9.84 Å². The zero-order valence-corrected chi connectivity index (χ0v) is 11.2. The number of rotatable bonds is 5. The SMILES string of the molecule is Nc1ccc(OCC(O)CN2CCSCC2)cc1. The summed E-state index contributed by atoms with van der Waals surface area (Å²) in [7, 11) is 0. The van der Waals surface area contributed by atoms with E-state index >= 15 is 0 Å². The van der Waals surface area contributed by atoms with Crippen molar-refractivity contribution in [2.24, 2.45) is 0 Å². The van der Waals surface area contributed by atoms with Crippen molar-refractivity contribution in [1.82, 2.24) is 4.90 Å². The van der Waals surface area contributed by atoms with Crippen molar-refractivity contribution in [1.29, 1.82) is 0 Å². The van der Waals surface area contributed by atoms with E-state index in [1.165, 1.54) is 0 Å². The second-order valence-electron chi connectivity index (χ2n) is 4.45. The molecule has 2 rings (SSSR count). The molecule has 1 atom stereocenters. The molecule has 1 aromatic rings. The van der Waals surface area contributed by atoms with Gasteiger partial charge in [-0.15, -0.1) is 0 Å². The van der Waals surface area contributed by atoms with Gasteiger partial charge in [0.05, 0.1) is 0 Å². The fraction of sp³-hybridized carbons (Fsp3) is 0.538. The van der Waals surface area contributed by atoms with Crippen LogP contribution in [0.3, 0.4) is 0 Å². The molecule has 4 nitrogen and oxygen atoms in total. The second kappa shape index (κ2) is 6.87. The van der Waals surface area contributed by atoms with Gasteiger partial charge in [0.1, 0.15) is 18.5 Å². The Kier molecular flexibility index (Phi) is 5.16. The molecule has 0 bridgehead atoms. The van der Waals surface area contributed by atoms with Crippen molar-refractivity contribution in [3.63, 3.8) is 0 Å². The van der Waals surface area contributed by atoms with Crippen LogP contribution >= 0.6 is 11.8 Å². The summed E-state index contributed by atoms with van der Waals surface area (Å²) < 4.78 is 5.53. The van der Waals surface area contributed by atoms with Crippen molar-refractivity contribution in [2.75, 3.05) is 43.5 Å². The molecule has 1 saturated heterocycles. The number of hydrogen-bond acceptors (Lipinski definition) is 5. The highest BCUT2D eigenvalue weighted by atomic mass is 32.2. The van der Waals surface area contributed by atoms with Gasteiger partial charge in [-0.05, 0) is 24.3 Å². The van der Waals surface area contributed by atoms with Crippen LogP contribution in [0.5, 0.6) is 5.75 Å². The summed E-state index contributed by atoms with van der Waals surface area (Å²) >= 11 is 1.97. The minimum absolute atomic E-state index is 0.327. The van der Waals surface area contributed by atoms with Crippen LogP contribution in [0.4, 0.5) is 5.69 Å². The molecule has 0 amide bonds. The van der Waals surface area contributed by atoms with Crippen molar-refractivity contribution in [2.45, 2.75) is 6.10 Å².